The van der Waals surface area contributed by atoms with Crippen molar-refractivity contribution in [2.45, 2.75) is 73.1 Å². The van der Waals surface area contributed by atoms with Crippen LogP contribution in [0.4, 0.5) is 0 Å². The SMILES string of the molecule is Cc1ccc(-c2[c-]cc(CCc3cc(CCc4c[c-]c(-c5ncc(C)cc5C)cc4)cc(CCc4c[c-]c(-c5ccc(C)cn5)c(C)c4)c3)cc2)nc1.[Ir+3]. The fourth-order valence-corrected chi connectivity index (χ4v) is 7.00. The van der Waals surface area contributed by atoms with E-state index in [1.807, 2.05) is 18.6 Å². The fraction of sp³-hybridized carbons (Fsp3) is 0.220. The van der Waals surface area contributed by atoms with E-state index in [1.54, 1.807) is 0 Å². The van der Waals surface area contributed by atoms with Gasteiger partial charge in [0.2, 0.25) is 0 Å². The molecule has 0 aliphatic carbocycles. The zero-order valence-corrected chi connectivity index (χ0v) is 34.3. The van der Waals surface area contributed by atoms with Gasteiger partial charge >= 0.3 is 20.1 Å². The molecule has 0 bridgehead atoms. The molecule has 0 aliphatic heterocycles. The van der Waals surface area contributed by atoms with E-state index in [0.717, 1.165) is 77.9 Å². The molecular weight excluding hydrogens is 835 g/mol. The molecule has 0 saturated heterocycles. The number of aryl methyl sites for hydroxylation is 11. The van der Waals surface area contributed by atoms with Gasteiger partial charge in [-0.05, 0) is 97.4 Å². The van der Waals surface area contributed by atoms with Crippen LogP contribution in [0.5, 0.6) is 0 Å². The number of aromatic nitrogens is 3. The predicted octanol–water partition coefficient (Wildman–Crippen LogP) is 11.2. The second kappa shape index (κ2) is 17.9. The molecule has 7 aromatic rings. The molecule has 0 saturated carbocycles. The van der Waals surface area contributed by atoms with Gasteiger partial charge in [-0.15, -0.1) is 106 Å². The summed E-state index contributed by atoms with van der Waals surface area (Å²) < 4.78 is 0. The number of benzene rings is 4. The van der Waals surface area contributed by atoms with Crippen LogP contribution in [0.3, 0.4) is 0 Å². The Bertz CT molecular complexity index is 2310. The van der Waals surface area contributed by atoms with E-state index in [9.17, 15) is 0 Å². The molecule has 0 spiro atoms. The first-order chi connectivity index (χ1) is 25.8. The molecule has 0 radical (unpaired) electrons. The fourth-order valence-electron chi connectivity index (χ4n) is 7.00. The van der Waals surface area contributed by atoms with Crippen LogP contribution in [0.15, 0.2) is 116 Å². The molecule has 4 heteroatoms. The topological polar surface area (TPSA) is 38.7 Å². The molecule has 0 unspecified atom stereocenters. The Labute approximate surface area is 335 Å². The first-order valence-corrected chi connectivity index (χ1v) is 18.7. The van der Waals surface area contributed by atoms with Crippen molar-refractivity contribution < 1.29 is 20.1 Å². The van der Waals surface area contributed by atoms with Crippen LogP contribution in [0.2, 0.25) is 0 Å². The van der Waals surface area contributed by atoms with E-state index >= 15 is 0 Å². The van der Waals surface area contributed by atoms with Gasteiger partial charge < -0.3 is 15.0 Å². The number of pyridine rings is 3. The van der Waals surface area contributed by atoms with E-state index in [0.29, 0.717) is 0 Å². The maximum Gasteiger partial charge on any atom is 3.00 e. The van der Waals surface area contributed by atoms with Gasteiger partial charge in [0.15, 0.2) is 0 Å². The van der Waals surface area contributed by atoms with Gasteiger partial charge in [-0.2, -0.15) is 0 Å². The largest absolute Gasteiger partial charge is 3.00 e. The van der Waals surface area contributed by atoms with Crippen LogP contribution in [0, 0.1) is 52.8 Å². The van der Waals surface area contributed by atoms with Crippen molar-refractivity contribution in [3.8, 4) is 33.8 Å². The van der Waals surface area contributed by atoms with Crippen molar-refractivity contribution in [2.75, 3.05) is 0 Å². The van der Waals surface area contributed by atoms with E-state index in [-0.39, 0.29) is 20.1 Å². The second-order valence-corrected chi connectivity index (χ2v) is 14.6. The number of hydrogen-bond acceptors (Lipinski definition) is 3. The Morgan fingerprint density at radius 1 is 0.407 bits per heavy atom. The standard InChI is InChI=1S/C50H46N3.Ir/c1-34-6-24-48(51-31-34)45-19-14-39(15-20-45)8-11-42-28-43(12-9-40-16-21-46(22-17-40)50-38(5)26-36(3)33-53-50)30-44(29-42)13-10-41-18-23-47(37(4)27-41)49-25-7-35(2)32-52-49;/h6-7,14-19,21,24-33H,8-13H2,1-5H3;/q-3;+3. The van der Waals surface area contributed by atoms with Crippen LogP contribution in [-0.4, -0.2) is 15.0 Å². The van der Waals surface area contributed by atoms with Crippen LogP contribution < -0.4 is 0 Å². The van der Waals surface area contributed by atoms with Gasteiger partial charge in [-0.1, -0.05) is 80.3 Å². The molecule has 54 heavy (non-hydrogen) atoms. The van der Waals surface area contributed by atoms with Crippen LogP contribution >= 0.6 is 0 Å². The Kier molecular flexibility index (Phi) is 12.8. The number of nitrogens with zero attached hydrogens (tertiary/aromatic N) is 3. The molecule has 3 heterocycles. The van der Waals surface area contributed by atoms with Crippen molar-refractivity contribution in [3.05, 3.63) is 195 Å². The van der Waals surface area contributed by atoms with Crippen LogP contribution in [0.1, 0.15) is 61.2 Å². The molecule has 3 nitrogen and oxygen atoms in total. The quantitative estimate of drug-likeness (QED) is 0.115. The van der Waals surface area contributed by atoms with Crippen molar-refractivity contribution in [1.29, 1.82) is 0 Å². The molecule has 0 aliphatic rings. The Hall–Kier alpha value is -5.02. The first-order valence-electron chi connectivity index (χ1n) is 18.7. The van der Waals surface area contributed by atoms with E-state index in [4.69, 9.17) is 0 Å². The molecule has 0 atom stereocenters. The van der Waals surface area contributed by atoms with Crippen molar-refractivity contribution in [3.63, 3.8) is 0 Å². The Morgan fingerprint density at radius 2 is 0.907 bits per heavy atom. The molecule has 270 valence electrons. The predicted molar refractivity (Wildman–Crippen MR) is 218 cm³/mol. The van der Waals surface area contributed by atoms with Gasteiger partial charge in [0.25, 0.3) is 0 Å². The monoisotopic (exact) mass is 881 g/mol. The smallest absolute Gasteiger partial charge is 0.304 e. The van der Waals surface area contributed by atoms with E-state index < -0.39 is 0 Å². The summed E-state index contributed by atoms with van der Waals surface area (Å²) in [4.78, 5) is 13.9. The van der Waals surface area contributed by atoms with Crippen molar-refractivity contribution in [1.82, 2.24) is 15.0 Å². The first kappa shape index (κ1) is 38.7. The normalized spacial score (nSPS) is 11.0. The van der Waals surface area contributed by atoms with Gasteiger partial charge in [0.1, 0.15) is 0 Å². The molecule has 0 fully saturated rings. The minimum absolute atomic E-state index is 0. The van der Waals surface area contributed by atoms with Crippen molar-refractivity contribution in [2.24, 2.45) is 0 Å². The van der Waals surface area contributed by atoms with Crippen molar-refractivity contribution >= 4 is 0 Å². The van der Waals surface area contributed by atoms with Gasteiger partial charge in [-0.3, -0.25) is 0 Å². The summed E-state index contributed by atoms with van der Waals surface area (Å²) in [6, 6.07) is 45.8. The van der Waals surface area contributed by atoms with Gasteiger partial charge in [-0.25, -0.2) is 0 Å². The molecular formula is C50H46IrN3. The van der Waals surface area contributed by atoms with Crippen LogP contribution in [0.25, 0.3) is 33.8 Å². The third-order valence-electron chi connectivity index (χ3n) is 10.00. The number of rotatable bonds is 12. The minimum atomic E-state index is 0. The van der Waals surface area contributed by atoms with E-state index in [1.165, 1.54) is 55.6 Å². The van der Waals surface area contributed by atoms with Crippen LogP contribution in [-0.2, 0) is 58.6 Å². The van der Waals surface area contributed by atoms with Gasteiger partial charge in [0.05, 0.1) is 0 Å². The maximum atomic E-state index is 4.68. The third kappa shape index (κ3) is 9.94. The molecule has 0 amide bonds. The second-order valence-electron chi connectivity index (χ2n) is 14.6. The summed E-state index contributed by atoms with van der Waals surface area (Å²) in [6.07, 6.45) is 11.6. The molecule has 0 N–H and O–H groups in total. The third-order valence-corrected chi connectivity index (χ3v) is 10.00. The minimum Gasteiger partial charge on any atom is -0.304 e. The maximum absolute atomic E-state index is 4.68. The Balaban J connectivity index is 0.00000497. The molecule has 3 aromatic heterocycles. The zero-order valence-electron chi connectivity index (χ0n) is 31.9. The average Bonchev–Trinajstić information content (AvgIpc) is 3.17. The summed E-state index contributed by atoms with van der Waals surface area (Å²) >= 11 is 0. The summed E-state index contributed by atoms with van der Waals surface area (Å²) in [5.74, 6) is 0. The summed E-state index contributed by atoms with van der Waals surface area (Å²) in [5.41, 5.74) is 20.0. The molecule has 7 rings (SSSR count). The van der Waals surface area contributed by atoms with E-state index in [2.05, 4.69) is 165 Å². The van der Waals surface area contributed by atoms with Gasteiger partial charge in [0, 0.05) is 18.6 Å². The average molecular weight is 881 g/mol. The molecule has 4 aromatic carbocycles. The number of hydrogen-bond donors (Lipinski definition) is 0. The zero-order chi connectivity index (χ0) is 36.7. The Morgan fingerprint density at radius 3 is 1.41 bits per heavy atom. The summed E-state index contributed by atoms with van der Waals surface area (Å²) in [6.45, 7) is 10.5. The summed E-state index contributed by atoms with van der Waals surface area (Å²) in [7, 11) is 0. The summed E-state index contributed by atoms with van der Waals surface area (Å²) in [5, 5.41) is 0.